The maximum absolute atomic E-state index is 11.3. The third-order valence-corrected chi connectivity index (χ3v) is 4.34. The molecular formula is C10H15N3O2S. The van der Waals surface area contributed by atoms with Crippen LogP contribution < -0.4 is 10.6 Å². The van der Waals surface area contributed by atoms with E-state index in [2.05, 4.69) is 4.98 Å². The highest BCUT2D eigenvalue weighted by Crippen LogP contribution is 2.18. The molecule has 1 fully saturated rings. The summed E-state index contributed by atoms with van der Waals surface area (Å²) >= 11 is 0. The summed E-state index contributed by atoms with van der Waals surface area (Å²) in [6.45, 7) is 1.44. The summed E-state index contributed by atoms with van der Waals surface area (Å²) in [6.07, 6.45) is 1.71. The van der Waals surface area contributed by atoms with Gasteiger partial charge in [0.15, 0.2) is 9.84 Å². The summed E-state index contributed by atoms with van der Waals surface area (Å²) in [4.78, 5) is 6.26. The summed E-state index contributed by atoms with van der Waals surface area (Å²) in [5.74, 6) is 1.22. The Labute approximate surface area is 95.2 Å². The molecule has 1 aromatic heterocycles. The summed E-state index contributed by atoms with van der Waals surface area (Å²) in [5.41, 5.74) is 6.59. The highest BCUT2D eigenvalue weighted by Gasteiger charge is 2.23. The maximum Gasteiger partial charge on any atom is 0.153 e. The molecule has 6 heteroatoms. The number of aromatic nitrogens is 1. The Morgan fingerprint density at radius 3 is 2.69 bits per heavy atom. The smallest absolute Gasteiger partial charge is 0.153 e. The number of nitrogens with two attached hydrogens (primary N) is 1. The third-order valence-electron chi connectivity index (χ3n) is 2.73. The average Bonchev–Trinajstić information content (AvgIpc) is 2.29. The lowest BCUT2D eigenvalue weighted by Gasteiger charge is -2.29. The molecule has 5 nitrogen and oxygen atoms in total. The largest absolute Gasteiger partial charge is 0.354 e. The summed E-state index contributed by atoms with van der Waals surface area (Å²) in [7, 11) is -2.84. The number of pyridine rings is 1. The minimum absolute atomic E-state index is 0.202. The van der Waals surface area contributed by atoms with Gasteiger partial charge in [0.1, 0.15) is 5.82 Å². The standard InChI is InChI=1S/C10H15N3O2S/c11-8-9-2-1-3-12-10(9)13-4-6-16(14,15)7-5-13/h1-3H,4-8,11H2. The van der Waals surface area contributed by atoms with Gasteiger partial charge in [-0.25, -0.2) is 13.4 Å². The van der Waals surface area contributed by atoms with E-state index in [9.17, 15) is 8.42 Å². The molecule has 1 aliphatic heterocycles. The molecule has 1 aromatic rings. The highest BCUT2D eigenvalue weighted by molar-refractivity contribution is 7.91. The molecule has 0 unspecified atom stereocenters. The molecule has 0 bridgehead atoms. The average molecular weight is 241 g/mol. The summed E-state index contributed by atoms with van der Waals surface area (Å²) < 4.78 is 22.6. The first kappa shape index (κ1) is 11.3. The van der Waals surface area contributed by atoms with Crippen molar-refractivity contribution in [3.63, 3.8) is 0 Å². The number of sulfone groups is 1. The van der Waals surface area contributed by atoms with Gasteiger partial charge in [-0.15, -0.1) is 0 Å². The van der Waals surface area contributed by atoms with E-state index in [-0.39, 0.29) is 11.5 Å². The van der Waals surface area contributed by atoms with Crippen LogP contribution >= 0.6 is 0 Å². The molecule has 0 atom stereocenters. The fraction of sp³-hybridized carbons (Fsp3) is 0.500. The van der Waals surface area contributed by atoms with Crippen molar-refractivity contribution in [2.75, 3.05) is 29.5 Å². The molecule has 0 aliphatic carbocycles. The molecule has 2 rings (SSSR count). The number of anilines is 1. The van der Waals surface area contributed by atoms with Crippen LogP contribution in [-0.2, 0) is 16.4 Å². The van der Waals surface area contributed by atoms with E-state index >= 15 is 0 Å². The van der Waals surface area contributed by atoms with Gasteiger partial charge in [-0.2, -0.15) is 0 Å². The van der Waals surface area contributed by atoms with Crippen molar-refractivity contribution in [1.29, 1.82) is 0 Å². The number of nitrogens with zero attached hydrogens (tertiary/aromatic N) is 2. The molecule has 1 aliphatic rings. The van der Waals surface area contributed by atoms with Crippen LogP contribution in [0, 0.1) is 0 Å². The predicted octanol–water partition coefficient (Wildman–Crippen LogP) is -0.225. The Morgan fingerprint density at radius 1 is 1.38 bits per heavy atom. The molecule has 16 heavy (non-hydrogen) atoms. The molecule has 0 saturated carbocycles. The first-order chi connectivity index (χ1) is 7.62. The normalized spacial score (nSPS) is 19.7. The predicted molar refractivity (Wildman–Crippen MR) is 63.0 cm³/mol. The Bertz CT molecular complexity index is 459. The Balaban J connectivity index is 2.20. The first-order valence-electron chi connectivity index (χ1n) is 5.22. The summed E-state index contributed by atoms with van der Waals surface area (Å²) in [5, 5.41) is 0. The Hall–Kier alpha value is -1.14. The van der Waals surface area contributed by atoms with E-state index in [1.54, 1.807) is 6.20 Å². The zero-order valence-electron chi connectivity index (χ0n) is 8.96. The fourth-order valence-electron chi connectivity index (χ4n) is 1.80. The van der Waals surface area contributed by atoms with Crippen LogP contribution in [0.2, 0.25) is 0 Å². The number of hydrogen-bond donors (Lipinski definition) is 1. The van der Waals surface area contributed by atoms with Gasteiger partial charge in [0, 0.05) is 31.4 Å². The molecule has 88 valence electrons. The van der Waals surface area contributed by atoms with Crippen LogP contribution in [0.5, 0.6) is 0 Å². The SMILES string of the molecule is NCc1cccnc1N1CCS(=O)(=O)CC1. The maximum atomic E-state index is 11.3. The van der Waals surface area contributed by atoms with Gasteiger partial charge in [0.2, 0.25) is 0 Å². The first-order valence-corrected chi connectivity index (χ1v) is 7.04. The minimum Gasteiger partial charge on any atom is -0.354 e. The molecule has 0 amide bonds. The van der Waals surface area contributed by atoms with Crippen LogP contribution in [0.25, 0.3) is 0 Å². The lowest BCUT2D eigenvalue weighted by Crippen LogP contribution is -2.41. The van der Waals surface area contributed by atoms with Crippen molar-refractivity contribution in [3.8, 4) is 0 Å². The van der Waals surface area contributed by atoms with Crippen molar-refractivity contribution in [2.45, 2.75) is 6.54 Å². The fourth-order valence-corrected chi connectivity index (χ4v) is 3.00. The zero-order valence-corrected chi connectivity index (χ0v) is 9.78. The van der Waals surface area contributed by atoms with Crippen LogP contribution in [-0.4, -0.2) is 38.0 Å². The number of rotatable bonds is 2. The van der Waals surface area contributed by atoms with Gasteiger partial charge in [0.05, 0.1) is 11.5 Å². The lowest BCUT2D eigenvalue weighted by molar-refractivity contribution is 0.586. The van der Waals surface area contributed by atoms with Gasteiger partial charge >= 0.3 is 0 Å². The molecular weight excluding hydrogens is 226 g/mol. The van der Waals surface area contributed by atoms with Crippen molar-refractivity contribution in [3.05, 3.63) is 23.9 Å². The van der Waals surface area contributed by atoms with Crippen molar-refractivity contribution in [1.82, 2.24) is 4.98 Å². The van der Waals surface area contributed by atoms with Crippen molar-refractivity contribution < 1.29 is 8.42 Å². The second kappa shape index (κ2) is 4.39. The second-order valence-electron chi connectivity index (χ2n) is 3.83. The van der Waals surface area contributed by atoms with Crippen molar-refractivity contribution in [2.24, 2.45) is 5.73 Å². The van der Waals surface area contributed by atoms with Crippen LogP contribution in [0.3, 0.4) is 0 Å². The molecule has 0 aromatic carbocycles. The van der Waals surface area contributed by atoms with Gasteiger partial charge in [-0.3, -0.25) is 0 Å². The van der Waals surface area contributed by atoms with Crippen molar-refractivity contribution >= 4 is 15.7 Å². The second-order valence-corrected chi connectivity index (χ2v) is 6.13. The van der Waals surface area contributed by atoms with Gasteiger partial charge < -0.3 is 10.6 Å². The van der Waals surface area contributed by atoms with E-state index in [4.69, 9.17) is 5.73 Å². The van der Waals surface area contributed by atoms with Gasteiger partial charge in [-0.05, 0) is 6.07 Å². The van der Waals surface area contributed by atoms with Crippen LogP contribution in [0.4, 0.5) is 5.82 Å². The Morgan fingerprint density at radius 2 is 2.06 bits per heavy atom. The topological polar surface area (TPSA) is 76.3 Å². The number of hydrogen-bond acceptors (Lipinski definition) is 5. The molecule has 2 heterocycles. The van der Waals surface area contributed by atoms with E-state index in [0.29, 0.717) is 19.6 Å². The van der Waals surface area contributed by atoms with E-state index in [1.165, 1.54) is 0 Å². The molecule has 2 N–H and O–H groups in total. The van der Waals surface area contributed by atoms with Crippen LogP contribution in [0.15, 0.2) is 18.3 Å². The molecule has 0 radical (unpaired) electrons. The monoisotopic (exact) mass is 241 g/mol. The zero-order chi connectivity index (χ0) is 11.6. The molecule has 1 saturated heterocycles. The van der Waals surface area contributed by atoms with E-state index in [1.807, 2.05) is 17.0 Å². The van der Waals surface area contributed by atoms with Gasteiger partial charge in [0.25, 0.3) is 0 Å². The van der Waals surface area contributed by atoms with Gasteiger partial charge in [-0.1, -0.05) is 6.07 Å². The third kappa shape index (κ3) is 2.33. The highest BCUT2D eigenvalue weighted by atomic mass is 32.2. The van der Waals surface area contributed by atoms with Crippen LogP contribution in [0.1, 0.15) is 5.56 Å². The summed E-state index contributed by atoms with van der Waals surface area (Å²) in [6, 6.07) is 3.76. The van der Waals surface area contributed by atoms with E-state index < -0.39 is 9.84 Å². The minimum atomic E-state index is -2.84. The lowest BCUT2D eigenvalue weighted by atomic mass is 10.2. The molecule has 0 spiro atoms. The Kier molecular flexibility index (Phi) is 3.11. The quantitative estimate of drug-likeness (QED) is 0.774. The van der Waals surface area contributed by atoms with E-state index in [0.717, 1.165) is 11.4 Å².